The Bertz CT molecular complexity index is 1330. The number of hydrogen-bond donors (Lipinski definition) is 2. The van der Waals surface area contributed by atoms with Crippen LogP contribution in [0.25, 0.3) is 0 Å². The molecule has 182 valence electrons. The van der Waals surface area contributed by atoms with E-state index in [0.717, 1.165) is 21.0 Å². The second kappa shape index (κ2) is 11.0. The topological polar surface area (TPSA) is 108 Å². The second-order valence-corrected chi connectivity index (χ2v) is 10.0. The van der Waals surface area contributed by atoms with Crippen molar-refractivity contribution < 1.29 is 18.0 Å². The SMILES string of the molecule is CC(=O)Nc1ccc(/C(C)=N\NC(=O)CN(c2cc(C)cc(C)c2)S(=O)(=O)c2ccccc2)cc1. The van der Waals surface area contributed by atoms with Crippen LogP contribution in [0.2, 0.25) is 0 Å². The summed E-state index contributed by atoms with van der Waals surface area (Å²) in [6.07, 6.45) is 0. The highest BCUT2D eigenvalue weighted by atomic mass is 32.2. The van der Waals surface area contributed by atoms with Gasteiger partial charge in [-0.05, 0) is 73.9 Å². The molecule has 0 heterocycles. The third-order valence-corrected chi connectivity index (χ3v) is 6.87. The van der Waals surface area contributed by atoms with Crippen LogP contribution in [0.5, 0.6) is 0 Å². The number of benzene rings is 3. The van der Waals surface area contributed by atoms with Gasteiger partial charge in [0.1, 0.15) is 6.54 Å². The largest absolute Gasteiger partial charge is 0.326 e. The third kappa shape index (κ3) is 6.77. The van der Waals surface area contributed by atoms with Crippen LogP contribution in [-0.2, 0) is 19.6 Å². The Morgan fingerprint density at radius 1 is 0.886 bits per heavy atom. The molecule has 3 aromatic rings. The van der Waals surface area contributed by atoms with E-state index in [1.807, 2.05) is 19.9 Å². The van der Waals surface area contributed by atoms with Gasteiger partial charge in [-0.3, -0.25) is 13.9 Å². The zero-order valence-corrected chi connectivity index (χ0v) is 20.9. The van der Waals surface area contributed by atoms with Gasteiger partial charge in [0.2, 0.25) is 5.91 Å². The minimum absolute atomic E-state index is 0.0888. The maximum Gasteiger partial charge on any atom is 0.264 e. The summed E-state index contributed by atoms with van der Waals surface area (Å²) >= 11 is 0. The minimum atomic E-state index is -4.00. The summed E-state index contributed by atoms with van der Waals surface area (Å²) < 4.78 is 28.0. The summed E-state index contributed by atoms with van der Waals surface area (Å²) in [6, 6.07) is 20.4. The fourth-order valence-electron chi connectivity index (χ4n) is 3.50. The van der Waals surface area contributed by atoms with Gasteiger partial charge < -0.3 is 5.32 Å². The highest BCUT2D eigenvalue weighted by Gasteiger charge is 2.27. The molecule has 0 bridgehead atoms. The van der Waals surface area contributed by atoms with Crippen LogP contribution in [0, 0.1) is 13.8 Å². The van der Waals surface area contributed by atoms with E-state index in [2.05, 4.69) is 15.8 Å². The standard InChI is InChI=1S/C26H28N4O4S/c1-18-14-19(2)16-24(15-18)30(35(33,34)25-8-6-5-7-9-25)17-26(32)29-28-20(3)22-10-12-23(13-11-22)27-21(4)31/h5-16H,17H2,1-4H3,(H,27,31)(H,29,32)/b28-20-. The van der Waals surface area contributed by atoms with Crippen molar-refractivity contribution in [1.82, 2.24) is 5.43 Å². The van der Waals surface area contributed by atoms with Crippen molar-refractivity contribution in [2.24, 2.45) is 5.10 Å². The van der Waals surface area contributed by atoms with E-state index in [9.17, 15) is 18.0 Å². The highest BCUT2D eigenvalue weighted by molar-refractivity contribution is 7.92. The van der Waals surface area contributed by atoms with E-state index in [0.29, 0.717) is 17.1 Å². The lowest BCUT2D eigenvalue weighted by Gasteiger charge is -2.24. The molecule has 0 atom stereocenters. The van der Waals surface area contributed by atoms with Crippen molar-refractivity contribution in [2.45, 2.75) is 32.6 Å². The van der Waals surface area contributed by atoms with E-state index in [1.54, 1.807) is 61.5 Å². The third-order valence-electron chi connectivity index (χ3n) is 5.08. The molecule has 2 amide bonds. The van der Waals surface area contributed by atoms with Crippen molar-refractivity contribution in [1.29, 1.82) is 0 Å². The summed E-state index contributed by atoms with van der Waals surface area (Å²) in [7, 11) is -4.00. The molecular weight excluding hydrogens is 464 g/mol. The molecule has 0 unspecified atom stereocenters. The lowest BCUT2D eigenvalue weighted by Crippen LogP contribution is -2.39. The number of nitrogens with one attached hydrogen (secondary N) is 2. The van der Waals surface area contributed by atoms with Gasteiger partial charge >= 0.3 is 0 Å². The number of sulfonamides is 1. The van der Waals surface area contributed by atoms with Gasteiger partial charge in [-0.1, -0.05) is 36.4 Å². The summed E-state index contributed by atoms with van der Waals surface area (Å²) in [4.78, 5) is 24.1. The summed E-state index contributed by atoms with van der Waals surface area (Å²) in [5.41, 5.74) is 6.52. The van der Waals surface area contributed by atoms with Gasteiger partial charge in [0.05, 0.1) is 16.3 Å². The van der Waals surface area contributed by atoms with Crippen LogP contribution in [0.4, 0.5) is 11.4 Å². The van der Waals surface area contributed by atoms with Crippen molar-refractivity contribution in [3.05, 3.63) is 89.5 Å². The van der Waals surface area contributed by atoms with Gasteiger partial charge in [-0.25, -0.2) is 13.8 Å². The summed E-state index contributed by atoms with van der Waals surface area (Å²) in [6.45, 7) is 6.44. The van der Waals surface area contributed by atoms with Crippen molar-refractivity contribution in [3.8, 4) is 0 Å². The average molecular weight is 493 g/mol. The molecule has 0 spiro atoms. The quantitative estimate of drug-likeness (QED) is 0.366. The Hall–Kier alpha value is -3.98. The number of rotatable bonds is 8. The molecule has 0 aromatic heterocycles. The Morgan fingerprint density at radius 2 is 1.49 bits per heavy atom. The summed E-state index contributed by atoms with van der Waals surface area (Å²) in [5, 5.41) is 6.81. The van der Waals surface area contributed by atoms with Crippen LogP contribution in [-0.4, -0.2) is 32.5 Å². The Kier molecular flexibility index (Phi) is 8.03. The average Bonchev–Trinajstić information content (AvgIpc) is 2.81. The molecule has 0 aliphatic heterocycles. The normalized spacial score (nSPS) is 11.6. The van der Waals surface area contributed by atoms with Gasteiger partial charge in [0.15, 0.2) is 0 Å². The molecule has 35 heavy (non-hydrogen) atoms. The molecular formula is C26H28N4O4S. The maximum absolute atomic E-state index is 13.4. The number of amides is 2. The molecule has 3 rings (SSSR count). The van der Waals surface area contributed by atoms with E-state index in [4.69, 9.17) is 0 Å². The molecule has 0 aliphatic rings. The number of aryl methyl sites for hydroxylation is 2. The number of hydrazone groups is 1. The van der Waals surface area contributed by atoms with E-state index in [-0.39, 0.29) is 10.8 Å². The first-order valence-corrected chi connectivity index (χ1v) is 12.4. The predicted molar refractivity (Wildman–Crippen MR) is 138 cm³/mol. The molecule has 0 saturated heterocycles. The first-order valence-electron chi connectivity index (χ1n) is 10.9. The lowest BCUT2D eigenvalue weighted by molar-refractivity contribution is -0.119. The first kappa shape index (κ1) is 25.6. The second-order valence-electron chi connectivity index (χ2n) is 8.16. The lowest BCUT2D eigenvalue weighted by atomic mass is 10.1. The summed E-state index contributed by atoms with van der Waals surface area (Å²) in [5.74, 6) is -0.757. The van der Waals surface area contributed by atoms with E-state index >= 15 is 0 Å². The van der Waals surface area contributed by atoms with Crippen LogP contribution in [0.15, 0.2) is 82.8 Å². The van der Waals surface area contributed by atoms with Crippen molar-refractivity contribution in [2.75, 3.05) is 16.2 Å². The van der Waals surface area contributed by atoms with E-state index < -0.39 is 22.5 Å². The Morgan fingerprint density at radius 3 is 2.06 bits per heavy atom. The van der Waals surface area contributed by atoms with Gasteiger partial charge in [-0.15, -0.1) is 0 Å². The van der Waals surface area contributed by atoms with Crippen molar-refractivity contribution >= 4 is 38.9 Å². The predicted octanol–water partition coefficient (Wildman–Crippen LogP) is 4.00. The number of carbonyl (C=O) groups excluding carboxylic acids is 2. The molecule has 0 saturated carbocycles. The Balaban J connectivity index is 1.83. The van der Waals surface area contributed by atoms with Crippen LogP contribution in [0.1, 0.15) is 30.5 Å². The molecule has 0 aliphatic carbocycles. The van der Waals surface area contributed by atoms with E-state index in [1.165, 1.54) is 19.1 Å². The number of anilines is 2. The zero-order chi connectivity index (χ0) is 25.6. The van der Waals surface area contributed by atoms with Crippen LogP contribution < -0.4 is 15.0 Å². The number of hydrogen-bond acceptors (Lipinski definition) is 5. The number of nitrogens with zero attached hydrogens (tertiary/aromatic N) is 2. The van der Waals surface area contributed by atoms with Gasteiger partial charge in [0.25, 0.3) is 15.9 Å². The molecule has 9 heteroatoms. The maximum atomic E-state index is 13.4. The molecule has 8 nitrogen and oxygen atoms in total. The molecule has 0 radical (unpaired) electrons. The zero-order valence-electron chi connectivity index (χ0n) is 20.1. The molecule has 3 aromatic carbocycles. The fraction of sp³-hybridized carbons (Fsp3) is 0.192. The fourth-order valence-corrected chi connectivity index (χ4v) is 4.93. The smallest absolute Gasteiger partial charge is 0.264 e. The monoisotopic (exact) mass is 492 g/mol. The van der Waals surface area contributed by atoms with Gasteiger partial charge in [0, 0.05) is 12.6 Å². The van der Waals surface area contributed by atoms with Crippen LogP contribution >= 0.6 is 0 Å². The molecule has 0 fully saturated rings. The van der Waals surface area contributed by atoms with Gasteiger partial charge in [-0.2, -0.15) is 5.10 Å². The molecule has 2 N–H and O–H groups in total. The first-order chi connectivity index (χ1) is 16.6. The minimum Gasteiger partial charge on any atom is -0.326 e. The highest BCUT2D eigenvalue weighted by Crippen LogP contribution is 2.25. The van der Waals surface area contributed by atoms with Crippen molar-refractivity contribution in [3.63, 3.8) is 0 Å². The number of carbonyl (C=O) groups is 2. The Labute approximate surface area is 205 Å². The van der Waals surface area contributed by atoms with Crippen LogP contribution in [0.3, 0.4) is 0 Å².